The molecule has 1 rings (SSSR count). The van der Waals surface area contributed by atoms with Gasteiger partial charge in [0.15, 0.2) is 0 Å². The van der Waals surface area contributed by atoms with Crippen molar-refractivity contribution in [1.82, 2.24) is 0 Å². The molecule has 0 aromatic heterocycles. The summed E-state index contributed by atoms with van der Waals surface area (Å²) < 4.78 is 5.80. The topological polar surface area (TPSA) is 35.2 Å². The first-order valence-electron chi connectivity index (χ1n) is 5.81. The van der Waals surface area contributed by atoms with E-state index in [1.165, 1.54) is 0 Å². The van der Waals surface area contributed by atoms with Crippen LogP contribution >= 0.6 is 11.6 Å². The Kier molecular flexibility index (Phi) is 5.81. The summed E-state index contributed by atoms with van der Waals surface area (Å²) in [5.41, 5.74) is 7.17. The van der Waals surface area contributed by atoms with Crippen molar-refractivity contribution in [3.05, 3.63) is 34.9 Å². The van der Waals surface area contributed by atoms with E-state index in [0.717, 1.165) is 30.0 Å². The third-order valence-electron chi connectivity index (χ3n) is 2.56. The Morgan fingerprint density at radius 2 is 1.88 bits per heavy atom. The van der Waals surface area contributed by atoms with Gasteiger partial charge in [0.2, 0.25) is 0 Å². The maximum atomic E-state index is 6.07. The second-order valence-electron chi connectivity index (χ2n) is 3.92. The van der Waals surface area contributed by atoms with E-state index in [-0.39, 0.29) is 12.1 Å². The maximum Gasteiger partial charge on any atom is 0.0975 e. The molecule has 2 atom stereocenters. The number of benzene rings is 1. The van der Waals surface area contributed by atoms with E-state index in [9.17, 15) is 0 Å². The van der Waals surface area contributed by atoms with E-state index in [1.54, 1.807) is 0 Å². The fourth-order valence-electron chi connectivity index (χ4n) is 1.58. The zero-order chi connectivity index (χ0) is 12.0. The molecule has 2 unspecified atom stereocenters. The van der Waals surface area contributed by atoms with Gasteiger partial charge in [0.05, 0.1) is 6.10 Å². The van der Waals surface area contributed by atoms with Crippen LogP contribution in [0.15, 0.2) is 24.3 Å². The molecular formula is C13H20ClNO. The summed E-state index contributed by atoms with van der Waals surface area (Å²) in [7, 11) is 0. The van der Waals surface area contributed by atoms with Crippen LogP contribution in [0.3, 0.4) is 0 Å². The molecule has 0 saturated carbocycles. The van der Waals surface area contributed by atoms with Gasteiger partial charge in [-0.1, -0.05) is 37.6 Å². The Labute approximate surface area is 103 Å². The first-order chi connectivity index (χ1) is 7.69. The van der Waals surface area contributed by atoms with Crippen molar-refractivity contribution < 1.29 is 4.74 Å². The molecule has 0 saturated heterocycles. The molecule has 0 heterocycles. The van der Waals surface area contributed by atoms with E-state index in [1.807, 2.05) is 24.3 Å². The number of hydrogen-bond acceptors (Lipinski definition) is 2. The van der Waals surface area contributed by atoms with Crippen molar-refractivity contribution in [3.63, 3.8) is 0 Å². The van der Waals surface area contributed by atoms with Crippen molar-refractivity contribution >= 4 is 11.6 Å². The van der Waals surface area contributed by atoms with Crippen molar-refractivity contribution in [2.45, 2.75) is 38.8 Å². The van der Waals surface area contributed by atoms with Crippen LogP contribution in [0.2, 0.25) is 5.02 Å². The van der Waals surface area contributed by atoms with E-state index in [4.69, 9.17) is 22.1 Å². The smallest absolute Gasteiger partial charge is 0.0975 e. The summed E-state index contributed by atoms with van der Waals surface area (Å²) in [5, 5.41) is 0.739. The monoisotopic (exact) mass is 241 g/mol. The largest absolute Gasteiger partial charge is 0.372 e. The Balaban J connectivity index is 2.78. The molecule has 1 aromatic rings. The molecule has 16 heavy (non-hydrogen) atoms. The van der Waals surface area contributed by atoms with Crippen LogP contribution in [0.4, 0.5) is 0 Å². The zero-order valence-electron chi connectivity index (χ0n) is 9.95. The first-order valence-corrected chi connectivity index (χ1v) is 6.19. The van der Waals surface area contributed by atoms with Crippen molar-refractivity contribution in [1.29, 1.82) is 0 Å². The Bertz CT molecular complexity index is 299. The second kappa shape index (κ2) is 6.89. The lowest BCUT2D eigenvalue weighted by Crippen LogP contribution is -2.29. The summed E-state index contributed by atoms with van der Waals surface area (Å²) in [6.45, 7) is 4.90. The van der Waals surface area contributed by atoms with Gasteiger partial charge < -0.3 is 10.5 Å². The van der Waals surface area contributed by atoms with Gasteiger partial charge in [0.25, 0.3) is 0 Å². The number of nitrogens with two attached hydrogens (primary N) is 1. The standard InChI is InChI=1S/C13H20ClNO/c1-3-9-16-13(12(15)4-2)10-5-7-11(14)8-6-10/h5-8,12-13H,3-4,9,15H2,1-2H3. The second-order valence-corrected chi connectivity index (χ2v) is 4.35. The van der Waals surface area contributed by atoms with E-state index in [0.29, 0.717) is 0 Å². The van der Waals surface area contributed by atoms with E-state index < -0.39 is 0 Å². The molecular weight excluding hydrogens is 222 g/mol. The Morgan fingerprint density at radius 1 is 1.25 bits per heavy atom. The molecule has 2 N–H and O–H groups in total. The summed E-state index contributed by atoms with van der Waals surface area (Å²) in [4.78, 5) is 0. The normalized spacial score (nSPS) is 14.8. The Hall–Kier alpha value is -0.570. The molecule has 1 aromatic carbocycles. The van der Waals surface area contributed by atoms with Gasteiger partial charge in [0.1, 0.15) is 0 Å². The fourth-order valence-corrected chi connectivity index (χ4v) is 1.70. The molecule has 0 aliphatic rings. The summed E-state index contributed by atoms with van der Waals surface area (Å²) >= 11 is 5.86. The first kappa shape index (κ1) is 13.5. The van der Waals surface area contributed by atoms with Crippen LogP contribution < -0.4 is 5.73 Å². The van der Waals surface area contributed by atoms with E-state index >= 15 is 0 Å². The predicted octanol–water partition coefficient (Wildman–Crippen LogP) is 3.55. The highest BCUT2D eigenvalue weighted by Crippen LogP contribution is 2.23. The maximum absolute atomic E-state index is 6.07. The van der Waals surface area contributed by atoms with Crippen LogP contribution in [0.5, 0.6) is 0 Å². The van der Waals surface area contributed by atoms with Gasteiger partial charge in [-0.05, 0) is 30.5 Å². The number of hydrogen-bond donors (Lipinski definition) is 1. The highest BCUT2D eigenvalue weighted by atomic mass is 35.5. The van der Waals surface area contributed by atoms with Gasteiger partial charge in [-0.2, -0.15) is 0 Å². The van der Waals surface area contributed by atoms with Gasteiger partial charge in [-0.3, -0.25) is 0 Å². The average Bonchev–Trinajstić information content (AvgIpc) is 2.31. The van der Waals surface area contributed by atoms with Gasteiger partial charge in [0, 0.05) is 17.7 Å². The molecule has 0 bridgehead atoms. The average molecular weight is 242 g/mol. The van der Waals surface area contributed by atoms with Crippen LogP contribution in [0.1, 0.15) is 38.4 Å². The lowest BCUT2D eigenvalue weighted by molar-refractivity contribution is 0.0339. The quantitative estimate of drug-likeness (QED) is 0.827. The SMILES string of the molecule is CCCOC(c1ccc(Cl)cc1)C(N)CC. The molecule has 2 nitrogen and oxygen atoms in total. The minimum Gasteiger partial charge on any atom is -0.372 e. The fraction of sp³-hybridized carbons (Fsp3) is 0.538. The lowest BCUT2D eigenvalue weighted by Gasteiger charge is -2.23. The summed E-state index contributed by atoms with van der Waals surface area (Å²) in [6, 6.07) is 7.76. The van der Waals surface area contributed by atoms with Gasteiger partial charge >= 0.3 is 0 Å². The molecule has 0 amide bonds. The van der Waals surface area contributed by atoms with Crippen molar-refractivity contribution in [2.75, 3.05) is 6.61 Å². The zero-order valence-corrected chi connectivity index (χ0v) is 10.7. The predicted molar refractivity (Wildman–Crippen MR) is 68.7 cm³/mol. The molecule has 0 spiro atoms. The third kappa shape index (κ3) is 3.78. The molecule has 0 fully saturated rings. The van der Waals surface area contributed by atoms with Crippen LogP contribution in [-0.4, -0.2) is 12.6 Å². The number of rotatable bonds is 6. The number of halogens is 1. The number of ether oxygens (including phenoxy) is 1. The summed E-state index contributed by atoms with van der Waals surface area (Å²) in [5.74, 6) is 0. The van der Waals surface area contributed by atoms with Crippen LogP contribution in [0.25, 0.3) is 0 Å². The molecule has 3 heteroatoms. The van der Waals surface area contributed by atoms with Crippen molar-refractivity contribution in [3.8, 4) is 0 Å². The molecule has 0 aliphatic heterocycles. The molecule has 0 aliphatic carbocycles. The Morgan fingerprint density at radius 3 is 2.38 bits per heavy atom. The van der Waals surface area contributed by atoms with E-state index in [2.05, 4.69) is 13.8 Å². The minimum atomic E-state index is -0.0257. The third-order valence-corrected chi connectivity index (χ3v) is 2.81. The van der Waals surface area contributed by atoms with Crippen molar-refractivity contribution in [2.24, 2.45) is 5.73 Å². The highest BCUT2D eigenvalue weighted by molar-refractivity contribution is 6.30. The minimum absolute atomic E-state index is 0.0257. The van der Waals surface area contributed by atoms with Gasteiger partial charge in [-0.15, -0.1) is 0 Å². The summed E-state index contributed by atoms with van der Waals surface area (Å²) in [6.07, 6.45) is 1.87. The molecule has 90 valence electrons. The highest BCUT2D eigenvalue weighted by Gasteiger charge is 2.18. The molecule has 0 radical (unpaired) electrons. The van der Waals surface area contributed by atoms with Crippen LogP contribution in [-0.2, 0) is 4.74 Å². The lowest BCUT2D eigenvalue weighted by atomic mass is 10.0. The van der Waals surface area contributed by atoms with Crippen LogP contribution in [0, 0.1) is 0 Å². The van der Waals surface area contributed by atoms with Gasteiger partial charge in [-0.25, -0.2) is 0 Å².